The summed E-state index contributed by atoms with van der Waals surface area (Å²) in [7, 11) is 1.41. The minimum absolute atomic E-state index is 0.00773. The first-order valence-electron chi connectivity index (χ1n) is 13.8. The average Bonchev–Trinajstić information content (AvgIpc) is 3.23. The molecule has 0 aromatic carbocycles. The van der Waals surface area contributed by atoms with Crippen molar-refractivity contribution in [2.75, 3.05) is 7.11 Å². The number of hydrogen-bond donors (Lipinski definition) is 1. The maximum atomic E-state index is 13.2. The van der Waals surface area contributed by atoms with Gasteiger partial charge in [0.05, 0.1) is 23.6 Å². The molecule has 1 amide bonds. The van der Waals surface area contributed by atoms with E-state index < -0.39 is 0 Å². The zero-order valence-electron chi connectivity index (χ0n) is 23.6. The van der Waals surface area contributed by atoms with Crippen LogP contribution in [0.4, 0.5) is 0 Å². The van der Waals surface area contributed by atoms with E-state index in [1.54, 1.807) is 0 Å². The van der Waals surface area contributed by atoms with Crippen molar-refractivity contribution in [1.82, 2.24) is 15.3 Å². The number of methoxy groups -OCH3 is 1. The lowest BCUT2D eigenvalue weighted by atomic mass is 9.80. The van der Waals surface area contributed by atoms with Gasteiger partial charge in [0.1, 0.15) is 0 Å². The van der Waals surface area contributed by atoms with Crippen LogP contribution < -0.4 is 5.32 Å². The molecule has 2 heterocycles. The van der Waals surface area contributed by atoms with Crippen LogP contribution in [0, 0.1) is 11.8 Å². The molecule has 2 saturated carbocycles. The van der Waals surface area contributed by atoms with Crippen molar-refractivity contribution >= 4 is 23.2 Å². The Kier molecular flexibility index (Phi) is 8.13. The van der Waals surface area contributed by atoms with Crippen LogP contribution in [0.1, 0.15) is 113 Å². The lowest BCUT2D eigenvalue weighted by Crippen LogP contribution is -2.47. The fourth-order valence-electron chi connectivity index (χ4n) is 5.25. The van der Waals surface area contributed by atoms with Gasteiger partial charge < -0.3 is 10.1 Å². The number of nitrogens with zero attached hydrogens (tertiary/aromatic N) is 2. The summed E-state index contributed by atoms with van der Waals surface area (Å²) < 4.78 is 4.83. The van der Waals surface area contributed by atoms with Crippen LogP contribution in [0.25, 0.3) is 10.4 Å². The summed E-state index contributed by atoms with van der Waals surface area (Å²) in [6.45, 7) is 13.2. The number of carbonyl (C=O) groups is 2. The van der Waals surface area contributed by atoms with E-state index in [1.165, 1.54) is 50.6 Å². The molecule has 0 atom stereocenters. The number of hydrogen-bond acceptors (Lipinski definition) is 6. The monoisotopic (exact) mass is 525 g/mol. The molecule has 4 rings (SSSR count). The van der Waals surface area contributed by atoms with E-state index in [9.17, 15) is 9.59 Å². The van der Waals surface area contributed by atoms with Crippen LogP contribution in [0.3, 0.4) is 0 Å². The van der Waals surface area contributed by atoms with E-state index in [2.05, 4.69) is 59.0 Å². The Hall–Kier alpha value is -2.28. The number of esters is 1. The highest BCUT2D eigenvalue weighted by atomic mass is 32.1. The number of amides is 1. The fourth-order valence-corrected chi connectivity index (χ4v) is 6.23. The van der Waals surface area contributed by atoms with Gasteiger partial charge in [-0.15, -0.1) is 11.3 Å². The predicted molar refractivity (Wildman–Crippen MR) is 149 cm³/mol. The standard InChI is InChI=1S/C30H43N3O3S/c1-29(2,3)23-16-19(17-24(33-23)30(4,5)6)25-22(13-18-11-9-8-10-12-18)32-27(37-25)26(34)31-21-14-20(15-21)28(35)36-7/h16-18,20-21H,8-15H2,1-7H3,(H,31,34)/t20-,21-. The highest BCUT2D eigenvalue weighted by Gasteiger charge is 2.37. The van der Waals surface area contributed by atoms with Gasteiger partial charge in [0, 0.05) is 28.3 Å². The summed E-state index contributed by atoms with van der Waals surface area (Å²) in [6.07, 6.45) is 8.48. The van der Waals surface area contributed by atoms with E-state index in [1.807, 2.05) is 0 Å². The zero-order chi connectivity index (χ0) is 27.0. The Bertz CT molecular complexity index is 1100. The molecule has 37 heavy (non-hydrogen) atoms. The van der Waals surface area contributed by atoms with Crippen LogP contribution in [0.2, 0.25) is 0 Å². The van der Waals surface area contributed by atoms with Gasteiger partial charge in [0.15, 0.2) is 5.01 Å². The molecule has 2 aromatic heterocycles. The first-order chi connectivity index (χ1) is 17.3. The van der Waals surface area contributed by atoms with Crippen molar-refractivity contribution in [3.8, 4) is 10.4 Å². The van der Waals surface area contributed by atoms with Gasteiger partial charge >= 0.3 is 5.97 Å². The first kappa shape index (κ1) is 27.7. The van der Waals surface area contributed by atoms with Crippen molar-refractivity contribution in [1.29, 1.82) is 0 Å². The third-order valence-corrected chi connectivity index (χ3v) is 8.88. The molecule has 2 aliphatic carbocycles. The molecule has 0 radical (unpaired) electrons. The van der Waals surface area contributed by atoms with Crippen molar-refractivity contribution in [3.63, 3.8) is 0 Å². The van der Waals surface area contributed by atoms with Gasteiger partial charge in [-0.25, -0.2) is 4.98 Å². The lowest BCUT2D eigenvalue weighted by molar-refractivity contribution is -0.149. The molecule has 0 unspecified atom stereocenters. The molecule has 0 saturated heterocycles. The average molecular weight is 526 g/mol. The Balaban J connectivity index is 1.67. The van der Waals surface area contributed by atoms with Gasteiger partial charge in [0.2, 0.25) is 0 Å². The van der Waals surface area contributed by atoms with Crippen molar-refractivity contribution in [2.24, 2.45) is 11.8 Å². The molecular formula is C30H43N3O3S. The van der Waals surface area contributed by atoms with Crippen molar-refractivity contribution in [2.45, 2.75) is 110 Å². The summed E-state index contributed by atoms with van der Waals surface area (Å²) in [4.78, 5) is 36.1. The van der Waals surface area contributed by atoms with E-state index in [0.717, 1.165) is 33.9 Å². The van der Waals surface area contributed by atoms with E-state index in [4.69, 9.17) is 14.7 Å². The second-order valence-corrected chi connectivity index (χ2v) is 14.0. The van der Waals surface area contributed by atoms with Crippen LogP contribution in [-0.4, -0.2) is 35.0 Å². The second-order valence-electron chi connectivity index (χ2n) is 13.0. The topological polar surface area (TPSA) is 81.2 Å². The van der Waals surface area contributed by atoms with Gasteiger partial charge in [-0.3, -0.25) is 14.6 Å². The summed E-state index contributed by atoms with van der Waals surface area (Å²) in [5.74, 6) is 0.158. The fraction of sp³-hybridized carbons (Fsp3) is 0.667. The molecule has 2 aromatic rings. The van der Waals surface area contributed by atoms with Gasteiger partial charge in [-0.1, -0.05) is 73.6 Å². The SMILES string of the molecule is COC(=O)[C@H]1C[C@H](NC(=O)c2nc(CC3CCCCC3)c(-c3cc(C(C)(C)C)nc(C(C)(C)C)c3)s2)C1. The van der Waals surface area contributed by atoms with Crippen LogP contribution in [-0.2, 0) is 26.8 Å². The maximum absolute atomic E-state index is 13.2. The van der Waals surface area contributed by atoms with E-state index >= 15 is 0 Å². The minimum atomic E-state index is -0.196. The Morgan fingerprint density at radius 2 is 1.57 bits per heavy atom. The highest BCUT2D eigenvalue weighted by molar-refractivity contribution is 7.17. The minimum Gasteiger partial charge on any atom is -0.469 e. The molecule has 202 valence electrons. The van der Waals surface area contributed by atoms with Gasteiger partial charge in [-0.05, 0) is 42.9 Å². The molecule has 0 aliphatic heterocycles. The predicted octanol–water partition coefficient (Wildman–Crippen LogP) is 6.60. The van der Waals surface area contributed by atoms with Gasteiger partial charge in [0.25, 0.3) is 5.91 Å². The summed E-state index contributed by atoms with van der Waals surface area (Å²) in [5.41, 5.74) is 4.08. The van der Waals surface area contributed by atoms with E-state index in [0.29, 0.717) is 23.8 Å². The maximum Gasteiger partial charge on any atom is 0.308 e. The summed E-state index contributed by atoms with van der Waals surface area (Å²) in [6, 6.07) is 4.38. The van der Waals surface area contributed by atoms with Crippen LogP contribution in [0.15, 0.2) is 12.1 Å². The third-order valence-electron chi connectivity index (χ3n) is 7.73. The number of aromatic nitrogens is 2. The molecule has 0 bridgehead atoms. The number of carbonyl (C=O) groups excluding carboxylic acids is 2. The zero-order valence-corrected chi connectivity index (χ0v) is 24.4. The smallest absolute Gasteiger partial charge is 0.308 e. The van der Waals surface area contributed by atoms with Crippen molar-refractivity contribution < 1.29 is 14.3 Å². The first-order valence-corrected chi connectivity index (χ1v) is 14.6. The van der Waals surface area contributed by atoms with Crippen molar-refractivity contribution in [3.05, 3.63) is 34.2 Å². The Labute approximate surface area is 226 Å². The third kappa shape index (κ3) is 6.60. The van der Waals surface area contributed by atoms with E-state index in [-0.39, 0.29) is 34.7 Å². The molecular weight excluding hydrogens is 482 g/mol. The molecule has 2 fully saturated rings. The Morgan fingerprint density at radius 3 is 2.11 bits per heavy atom. The Morgan fingerprint density at radius 1 is 0.973 bits per heavy atom. The van der Waals surface area contributed by atoms with Gasteiger partial charge in [-0.2, -0.15) is 0 Å². The quantitative estimate of drug-likeness (QED) is 0.430. The summed E-state index contributed by atoms with van der Waals surface area (Å²) in [5, 5.41) is 3.61. The highest BCUT2D eigenvalue weighted by Crippen LogP contribution is 2.38. The number of pyridine rings is 1. The molecule has 2 aliphatic rings. The summed E-state index contributed by atoms with van der Waals surface area (Å²) >= 11 is 1.49. The normalized spacial score (nSPS) is 20.8. The number of nitrogens with one attached hydrogen (secondary N) is 1. The van der Waals surface area contributed by atoms with Crippen LogP contribution in [0.5, 0.6) is 0 Å². The largest absolute Gasteiger partial charge is 0.469 e. The lowest BCUT2D eigenvalue weighted by Gasteiger charge is -2.33. The molecule has 1 N–H and O–H groups in total. The molecule has 0 spiro atoms. The number of rotatable bonds is 6. The molecule has 6 nitrogen and oxygen atoms in total. The second kappa shape index (κ2) is 10.8. The number of ether oxygens (including phenoxy) is 1. The van der Waals surface area contributed by atoms with Crippen LogP contribution >= 0.6 is 11.3 Å². The number of thiazole rings is 1. The molecule has 7 heteroatoms.